The van der Waals surface area contributed by atoms with Crippen molar-refractivity contribution in [3.8, 4) is 0 Å². The highest BCUT2D eigenvalue weighted by molar-refractivity contribution is 6.88. The van der Waals surface area contributed by atoms with Crippen LogP contribution in [0.4, 0.5) is 0 Å². The van der Waals surface area contributed by atoms with E-state index in [0.717, 1.165) is 19.6 Å². The number of hydrogen-bond donors (Lipinski definition) is 0. The summed E-state index contributed by atoms with van der Waals surface area (Å²) in [6.45, 7) is 6.77. The minimum Gasteiger partial charge on any atom is -0.376 e. The van der Waals surface area contributed by atoms with E-state index >= 15 is 0 Å². The first-order chi connectivity index (χ1) is 13.7. The van der Waals surface area contributed by atoms with Crippen LogP contribution in [0, 0.1) is 0 Å². The minimum atomic E-state index is -1.68. The van der Waals surface area contributed by atoms with Crippen LogP contribution in [-0.2, 0) is 9.47 Å². The first kappa shape index (κ1) is 20.1. The summed E-state index contributed by atoms with van der Waals surface area (Å²) in [5, 5.41) is 2.82. The van der Waals surface area contributed by atoms with Crippen molar-refractivity contribution in [3.63, 3.8) is 0 Å². The van der Waals surface area contributed by atoms with Crippen LogP contribution in [0.3, 0.4) is 0 Å². The maximum Gasteiger partial charge on any atom is 0.141 e. The Balaban J connectivity index is 1.92. The fourth-order valence-electron chi connectivity index (χ4n) is 5.74. The van der Waals surface area contributed by atoms with Crippen molar-refractivity contribution in [3.05, 3.63) is 60.7 Å². The van der Waals surface area contributed by atoms with Gasteiger partial charge in [-0.25, -0.2) is 0 Å². The normalized spacial score (nSPS) is 28.6. The van der Waals surface area contributed by atoms with E-state index in [9.17, 15) is 0 Å². The lowest BCUT2D eigenvalue weighted by molar-refractivity contribution is -0.163. The van der Waals surface area contributed by atoms with Gasteiger partial charge in [0.2, 0.25) is 0 Å². The molecule has 0 saturated carbocycles. The van der Waals surface area contributed by atoms with Gasteiger partial charge in [0.1, 0.15) is 8.80 Å². The molecule has 0 aliphatic carbocycles. The summed E-state index contributed by atoms with van der Waals surface area (Å²) >= 11 is 0. The molecule has 0 amide bonds. The van der Waals surface area contributed by atoms with Gasteiger partial charge in [-0.05, 0) is 38.5 Å². The van der Waals surface area contributed by atoms with Crippen molar-refractivity contribution in [1.29, 1.82) is 0 Å². The lowest BCUT2D eigenvalue weighted by Crippen LogP contribution is -2.77. The smallest absolute Gasteiger partial charge is 0.141 e. The first-order valence-corrected chi connectivity index (χ1v) is 15.7. The summed E-state index contributed by atoms with van der Waals surface area (Å²) in [5.41, 5.74) is 0. The second-order valence-corrected chi connectivity index (χ2v) is 15.2. The molecule has 150 valence electrons. The topological polar surface area (TPSA) is 18.5 Å². The third-order valence-electron chi connectivity index (χ3n) is 6.99. The molecule has 0 bridgehead atoms. The molecule has 2 aromatic rings. The van der Waals surface area contributed by atoms with Gasteiger partial charge >= 0.3 is 0 Å². The molecule has 2 aliphatic heterocycles. The maximum atomic E-state index is 7.01. The third-order valence-corrected chi connectivity index (χ3v) is 14.1. The number of rotatable bonds is 5. The van der Waals surface area contributed by atoms with E-state index in [-0.39, 0.29) is 10.4 Å². The van der Waals surface area contributed by atoms with Gasteiger partial charge in [0, 0.05) is 13.2 Å². The van der Waals surface area contributed by atoms with Crippen LogP contribution in [0.1, 0.15) is 38.5 Å². The molecule has 2 unspecified atom stereocenters. The summed E-state index contributed by atoms with van der Waals surface area (Å²) in [7, 11) is -2.82. The molecular formula is C24H34O2Si2. The van der Waals surface area contributed by atoms with E-state index in [0.29, 0.717) is 0 Å². The standard InChI is InChI=1S/C24H34O2Si2/c1-27(2)23(17-9-11-19-25-23)24(18-10-12-20-26-24)28(21-13-5-3-6-14-21)22-15-7-4-8-16-22/h3-8,13-16,27-28H,9-12,17-20H2,1-2H3. The van der Waals surface area contributed by atoms with Gasteiger partial charge in [-0.15, -0.1) is 0 Å². The first-order valence-electron chi connectivity index (χ1n) is 11.1. The van der Waals surface area contributed by atoms with Gasteiger partial charge in [0.05, 0.1) is 19.2 Å². The zero-order valence-electron chi connectivity index (χ0n) is 17.4. The second kappa shape index (κ2) is 8.66. The third kappa shape index (κ3) is 3.45. The quantitative estimate of drug-likeness (QED) is 0.703. The fraction of sp³-hybridized carbons (Fsp3) is 0.500. The Morgan fingerprint density at radius 1 is 0.643 bits per heavy atom. The molecule has 2 aromatic carbocycles. The highest BCUT2D eigenvalue weighted by Crippen LogP contribution is 2.46. The van der Waals surface area contributed by atoms with Gasteiger partial charge in [0.25, 0.3) is 0 Å². The lowest BCUT2D eigenvalue weighted by Gasteiger charge is -2.58. The van der Waals surface area contributed by atoms with Gasteiger partial charge in [-0.3, -0.25) is 0 Å². The maximum absolute atomic E-state index is 7.01. The van der Waals surface area contributed by atoms with Crippen molar-refractivity contribution in [2.24, 2.45) is 0 Å². The van der Waals surface area contributed by atoms with E-state index in [1.807, 2.05) is 0 Å². The molecular weight excluding hydrogens is 376 g/mol. The van der Waals surface area contributed by atoms with Crippen LogP contribution in [0.25, 0.3) is 0 Å². The highest BCUT2D eigenvalue weighted by atomic mass is 28.3. The van der Waals surface area contributed by atoms with Crippen LogP contribution >= 0.6 is 0 Å². The van der Waals surface area contributed by atoms with E-state index in [2.05, 4.69) is 73.8 Å². The van der Waals surface area contributed by atoms with Gasteiger partial charge in [-0.2, -0.15) is 0 Å². The van der Waals surface area contributed by atoms with Crippen LogP contribution < -0.4 is 10.4 Å². The molecule has 2 nitrogen and oxygen atoms in total. The molecule has 2 aliphatic rings. The zero-order valence-corrected chi connectivity index (χ0v) is 19.7. The van der Waals surface area contributed by atoms with Crippen LogP contribution in [-0.4, -0.2) is 41.3 Å². The highest BCUT2D eigenvalue weighted by Gasteiger charge is 2.61. The Kier molecular flexibility index (Phi) is 6.21. The molecule has 4 rings (SSSR count). The molecule has 2 fully saturated rings. The summed E-state index contributed by atoms with van der Waals surface area (Å²) in [6.07, 6.45) is 7.25. The van der Waals surface area contributed by atoms with E-state index in [1.54, 1.807) is 0 Å². The summed E-state index contributed by atoms with van der Waals surface area (Å²) in [5.74, 6) is 0. The lowest BCUT2D eigenvalue weighted by atomic mass is 9.96. The molecule has 0 N–H and O–H groups in total. The van der Waals surface area contributed by atoms with E-state index in [4.69, 9.17) is 9.47 Å². The van der Waals surface area contributed by atoms with E-state index in [1.165, 1.54) is 42.5 Å². The Morgan fingerprint density at radius 3 is 1.50 bits per heavy atom. The average molecular weight is 411 g/mol. The van der Waals surface area contributed by atoms with Gasteiger partial charge < -0.3 is 9.47 Å². The second-order valence-electron chi connectivity index (χ2n) is 8.80. The van der Waals surface area contributed by atoms with E-state index < -0.39 is 17.6 Å². The van der Waals surface area contributed by atoms with Crippen molar-refractivity contribution in [2.45, 2.75) is 62.1 Å². The molecule has 0 aromatic heterocycles. The molecule has 2 heterocycles. The Labute approximate surface area is 173 Å². The molecule has 2 saturated heterocycles. The summed E-state index contributed by atoms with van der Waals surface area (Å²) < 4.78 is 13.9. The van der Waals surface area contributed by atoms with Crippen LogP contribution in [0.15, 0.2) is 60.7 Å². The summed E-state index contributed by atoms with van der Waals surface area (Å²) in [6, 6.07) is 22.5. The van der Waals surface area contributed by atoms with Crippen molar-refractivity contribution >= 4 is 28.0 Å². The minimum absolute atomic E-state index is 0.0474. The molecule has 0 radical (unpaired) electrons. The Bertz CT molecular complexity index is 696. The van der Waals surface area contributed by atoms with Crippen molar-refractivity contribution in [1.82, 2.24) is 0 Å². The Hall–Kier alpha value is -1.21. The average Bonchev–Trinajstić information content (AvgIpc) is 2.76. The molecule has 4 heteroatoms. The Morgan fingerprint density at radius 2 is 1.11 bits per heavy atom. The van der Waals surface area contributed by atoms with Crippen LogP contribution in [0.5, 0.6) is 0 Å². The number of hydrogen-bond acceptors (Lipinski definition) is 2. The van der Waals surface area contributed by atoms with Crippen molar-refractivity contribution < 1.29 is 9.47 Å². The van der Waals surface area contributed by atoms with Crippen molar-refractivity contribution in [2.75, 3.05) is 13.2 Å². The van der Waals surface area contributed by atoms with Gasteiger partial charge in [-0.1, -0.05) is 84.1 Å². The molecule has 0 spiro atoms. The zero-order chi connectivity index (χ0) is 19.5. The largest absolute Gasteiger partial charge is 0.376 e. The molecule has 28 heavy (non-hydrogen) atoms. The van der Waals surface area contributed by atoms with Crippen LogP contribution in [0.2, 0.25) is 13.1 Å². The predicted octanol–water partition coefficient (Wildman–Crippen LogP) is 3.47. The SMILES string of the molecule is C[SiH](C)C1(C2([SiH](c3ccccc3)c3ccccc3)CCCCO2)CCCCO1. The number of benzene rings is 2. The predicted molar refractivity (Wildman–Crippen MR) is 123 cm³/mol. The fourth-order valence-corrected chi connectivity index (χ4v) is 13.8. The van der Waals surface area contributed by atoms with Gasteiger partial charge in [0.15, 0.2) is 0 Å². The summed E-state index contributed by atoms with van der Waals surface area (Å²) in [4.78, 5) is 0. The molecule has 2 atom stereocenters. The monoisotopic (exact) mass is 410 g/mol. The number of ether oxygens (including phenoxy) is 2.